The van der Waals surface area contributed by atoms with Crippen LogP contribution in [0.25, 0.3) is 11.1 Å². The maximum atomic E-state index is 12.1. The van der Waals surface area contributed by atoms with Crippen molar-refractivity contribution in [3.63, 3.8) is 0 Å². The van der Waals surface area contributed by atoms with Crippen molar-refractivity contribution in [2.75, 3.05) is 13.2 Å². The van der Waals surface area contributed by atoms with Gasteiger partial charge in [-0.05, 0) is 86.5 Å². The van der Waals surface area contributed by atoms with Crippen LogP contribution in [0.15, 0.2) is 72.8 Å². The largest absolute Gasteiger partial charge is 0.462 e. The van der Waals surface area contributed by atoms with E-state index in [2.05, 4.69) is 68.6 Å². The van der Waals surface area contributed by atoms with Crippen molar-refractivity contribution >= 4 is 11.9 Å². The summed E-state index contributed by atoms with van der Waals surface area (Å²) in [6, 6.07) is 17.7. The standard InChI is InChI=1S/C37H50O5/c1-6-7-8-9-29-12-16-32(17-13-29)34-20-22-35(23-21-34)33-18-14-30(15-19-33)10-11-31(24-41-36(39)26(2)3)25-42-37(40)27(4)28(5)38/h14-15,18-23,28-29,31-32,38H,2,4,6-13,16-17,24-25H2,1,3,5H3. The second kappa shape index (κ2) is 17.1. The molecule has 228 valence electrons. The molecule has 1 aliphatic carbocycles. The van der Waals surface area contributed by atoms with Crippen molar-refractivity contribution in [1.29, 1.82) is 0 Å². The van der Waals surface area contributed by atoms with Crippen LogP contribution in [0.2, 0.25) is 0 Å². The van der Waals surface area contributed by atoms with Gasteiger partial charge in [-0.2, -0.15) is 0 Å². The molecule has 0 bridgehead atoms. The molecule has 5 nitrogen and oxygen atoms in total. The number of aliphatic hydroxyl groups is 1. The van der Waals surface area contributed by atoms with Gasteiger partial charge in [0, 0.05) is 11.5 Å². The van der Waals surface area contributed by atoms with Gasteiger partial charge in [0.1, 0.15) is 0 Å². The number of carbonyl (C=O) groups is 2. The molecule has 0 heterocycles. The molecule has 0 spiro atoms. The number of unbranched alkanes of at least 4 members (excludes halogenated alkanes) is 2. The lowest BCUT2D eigenvalue weighted by Gasteiger charge is -2.29. The third-order valence-electron chi connectivity index (χ3n) is 8.59. The maximum Gasteiger partial charge on any atom is 0.336 e. The minimum absolute atomic E-state index is 0.00138. The Morgan fingerprint density at radius 1 is 0.881 bits per heavy atom. The van der Waals surface area contributed by atoms with Crippen LogP contribution in [-0.4, -0.2) is 36.4 Å². The zero-order chi connectivity index (χ0) is 30.5. The fourth-order valence-electron chi connectivity index (χ4n) is 5.64. The quantitative estimate of drug-likeness (QED) is 0.124. The lowest BCUT2D eigenvalue weighted by atomic mass is 9.77. The molecule has 2 atom stereocenters. The molecule has 42 heavy (non-hydrogen) atoms. The smallest absolute Gasteiger partial charge is 0.336 e. The van der Waals surface area contributed by atoms with Crippen LogP contribution >= 0.6 is 0 Å². The normalized spacial score (nSPS) is 18.1. The Hall–Kier alpha value is -3.18. The molecule has 1 saturated carbocycles. The second-order valence-electron chi connectivity index (χ2n) is 12.1. The van der Waals surface area contributed by atoms with Gasteiger partial charge >= 0.3 is 11.9 Å². The minimum Gasteiger partial charge on any atom is -0.462 e. The Balaban J connectivity index is 1.53. The molecule has 0 aliphatic heterocycles. The van der Waals surface area contributed by atoms with Crippen LogP contribution in [0.3, 0.4) is 0 Å². The average molecular weight is 575 g/mol. The molecule has 1 N–H and O–H groups in total. The van der Waals surface area contributed by atoms with Crippen LogP contribution in [0.1, 0.15) is 95.6 Å². The van der Waals surface area contributed by atoms with E-state index in [-0.39, 0.29) is 24.7 Å². The number of hydrogen-bond acceptors (Lipinski definition) is 5. The number of esters is 2. The summed E-state index contributed by atoms with van der Waals surface area (Å²) in [6.45, 7) is 12.7. The molecule has 3 rings (SSSR count). The number of rotatable bonds is 16. The Kier molecular flexibility index (Phi) is 13.5. The molecule has 1 fully saturated rings. The molecule has 5 heteroatoms. The highest BCUT2D eigenvalue weighted by molar-refractivity contribution is 5.88. The minimum atomic E-state index is -0.980. The van der Waals surface area contributed by atoms with Crippen molar-refractivity contribution in [3.8, 4) is 11.1 Å². The summed E-state index contributed by atoms with van der Waals surface area (Å²) in [5, 5.41) is 9.58. The van der Waals surface area contributed by atoms with Gasteiger partial charge in [-0.25, -0.2) is 9.59 Å². The SMILES string of the molecule is C=C(C)C(=O)OCC(CCc1ccc(-c2ccc(C3CCC(CCCCC)CC3)cc2)cc1)COC(=O)C(=C)C(C)O. The first-order valence-corrected chi connectivity index (χ1v) is 15.7. The molecular weight excluding hydrogens is 524 g/mol. The highest BCUT2D eigenvalue weighted by Gasteiger charge is 2.22. The number of ether oxygens (including phenoxy) is 2. The molecule has 0 amide bonds. The van der Waals surface area contributed by atoms with Crippen molar-refractivity contribution in [2.24, 2.45) is 11.8 Å². The number of aliphatic hydroxyl groups excluding tert-OH is 1. The van der Waals surface area contributed by atoms with Gasteiger partial charge in [-0.15, -0.1) is 0 Å². The summed E-state index contributed by atoms with van der Waals surface area (Å²) in [6.07, 6.45) is 11.3. The monoisotopic (exact) mass is 574 g/mol. The molecule has 2 aromatic rings. The van der Waals surface area contributed by atoms with Crippen LogP contribution < -0.4 is 0 Å². The van der Waals surface area contributed by atoms with E-state index < -0.39 is 18.0 Å². The van der Waals surface area contributed by atoms with Gasteiger partial charge in [0.15, 0.2) is 0 Å². The predicted octanol–water partition coefficient (Wildman–Crippen LogP) is 8.36. The molecule has 0 aromatic heterocycles. The Bertz CT molecular complexity index is 1150. The third kappa shape index (κ3) is 10.6. The van der Waals surface area contributed by atoms with E-state index in [4.69, 9.17) is 9.47 Å². The number of carbonyl (C=O) groups excluding carboxylic acids is 2. The van der Waals surface area contributed by atoms with Crippen LogP contribution in [-0.2, 0) is 25.5 Å². The number of hydrogen-bond donors (Lipinski definition) is 1. The fourth-order valence-corrected chi connectivity index (χ4v) is 5.64. The van der Waals surface area contributed by atoms with Gasteiger partial charge in [0.05, 0.1) is 24.9 Å². The predicted molar refractivity (Wildman–Crippen MR) is 170 cm³/mol. The van der Waals surface area contributed by atoms with Gasteiger partial charge in [-0.1, -0.05) is 94.3 Å². The van der Waals surface area contributed by atoms with Crippen LogP contribution in [0.4, 0.5) is 0 Å². The molecule has 2 unspecified atom stereocenters. The van der Waals surface area contributed by atoms with Crippen molar-refractivity contribution < 1.29 is 24.2 Å². The highest BCUT2D eigenvalue weighted by atomic mass is 16.5. The average Bonchev–Trinajstić information content (AvgIpc) is 3.00. The third-order valence-corrected chi connectivity index (χ3v) is 8.59. The lowest BCUT2D eigenvalue weighted by Crippen LogP contribution is -2.24. The maximum absolute atomic E-state index is 12.1. The van der Waals surface area contributed by atoms with E-state index in [1.807, 2.05) is 0 Å². The van der Waals surface area contributed by atoms with Gasteiger partial charge in [0.25, 0.3) is 0 Å². The molecule has 0 radical (unpaired) electrons. The van der Waals surface area contributed by atoms with Crippen molar-refractivity contribution in [1.82, 2.24) is 0 Å². The Morgan fingerprint density at radius 3 is 2.00 bits per heavy atom. The first kappa shape index (κ1) is 33.3. The zero-order valence-electron chi connectivity index (χ0n) is 25.9. The number of aryl methyl sites for hydroxylation is 1. The fraction of sp³-hybridized carbons (Fsp3) is 0.514. The van der Waals surface area contributed by atoms with Crippen molar-refractivity contribution in [2.45, 2.75) is 97.0 Å². The molecular formula is C37H50O5. The first-order valence-electron chi connectivity index (χ1n) is 15.7. The summed E-state index contributed by atoms with van der Waals surface area (Å²) < 4.78 is 10.7. The van der Waals surface area contributed by atoms with E-state index in [0.717, 1.165) is 17.9 Å². The first-order chi connectivity index (χ1) is 20.2. The summed E-state index contributed by atoms with van der Waals surface area (Å²) in [4.78, 5) is 24.1. The second-order valence-corrected chi connectivity index (χ2v) is 12.1. The summed E-state index contributed by atoms with van der Waals surface area (Å²) in [5.74, 6) is 0.308. The Labute approximate surface area is 253 Å². The highest BCUT2D eigenvalue weighted by Crippen LogP contribution is 2.38. The summed E-state index contributed by atoms with van der Waals surface area (Å²) in [5.41, 5.74) is 5.35. The Morgan fingerprint density at radius 2 is 1.45 bits per heavy atom. The van der Waals surface area contributed by atoms with E-state index >= 15 is 0 Å². The van der Waals surface area contributed by atoms with Gasteiger partial charge in [0.2, 0.25) is 0 Å². The molecule has 1 aliphatic rings. The van der Waals surface area contributed by atoms with E-state index in [1.165, 1.54) is 75.0 Å². The summed E-state index contributed by atoms with van der Waals surface area (Å²) in [7, 11) is 0. The molecule has 0 saturated heterocycles. The van der Waals surface area contributed by atoms with E-state index in [9.17, 15) is 14.7 Å². The van der Waals surface area contributed by atoms with Gasteiger partial charge < -0.3 is 14.6 Å². The number of benzene rings is 2. The lowest BCUT2D eigenvalue weighted by molar-refractivity contribution is -0.144. The topological polar surface area (TPSA) is 72.8 Å². The van der Waals surface area contributed by atoms with Crippen molar-refractivity contribution in [3.05, 3.63) is 84.0 Å². The van der Waals surface area contributed by atoms with E-state index in [1.54, 1.807) is 6.92 Å². The van der Waals surface area contributed by atoms with Crippen LogP contribution in [0, 0.1) is 11.8 Å². The van der Waals surface area contributed by atoms with E-state index in [0.29, 0.717) is 17.9 Å². The summed E-state index contributed by atoms with van der Waals surface area (Å²) >= 11 is 0. The van der Waals surface area contributed by atoms with Crippen LogP contribution in [0.5, 0.6) is 0 Å². The zero-order valence-corrected chi connectivity index (χ0v) is 25.9. The van der Waals surface area contributed by atoms with Gasteiger partial charge in [-0.3, -0.25) is 0 Å². The molecule has 2 aromatic carbocycles.